The highest BCUT2D eigenvalue weighted by Gasteiger charge is 2.39. The second-order valence-electron chi connectivity index (χ2n) is 7.63. The van der Waals surface area contributed by atoms with Crippen LogP contribution in [-0.4, -0.2) is 46.4 Å². The second-order valence-corrected chi connectivity index (χ2v) is 7.63. The zero-order valence-electron chi connectivity index (χ0n) is 18.1. The number of anilines is 1. The lowest BCUT2D eigenvalue weighted by atomic mass is 9.89. The van der Waals surface area contributed by atoms with Gasteiger partial charge in [-0.2, -0.15) is 0 Å². The number of imide groups is 1. The smallest absolute Gasteiger partial charge is 0.254 e. The van der Waals surface area contributed by atoms with Crippen LogP contribution >= 0.6 is 0 Å². The molecule has 1 aliphatic heterocycles. The molecule has 1 aliphatic rings. The first-order valence-electron chi connectivity index (χ1n) is 9.89. The van der Waals surface area contributed by atoms with Crippen molar-refractivity contribution in [2.24, 2.45) is 5.41 Å². The Bertz CT molecular complexity index is 1240. The van der Waals surface area contributed by atoms with Crippen LogP contribution in [0.5, 0.6) is 11.5 Å². The molecule has 0 bridgehead atoms. The van der Waals surface area contributed by atoms with Gasteiger partial charge in [0, 0.05) is 18.7 Å². The number of aromatic hydroxyl groups is 1. The van der Waals surface area contributed by atoms with E-state index in [1.165, 1.54) is 31.1 Å². The fourth-order valence-corrected chi connectivity index (χ4v) is 3.30. The number of nitrogens with two attached hydrogens (primary N) is 1. The number of nitrogens with one attached hydrogen (secondary N) is 1. The van der Waals surface area contributed by atoms with Crippen molar-refractivity contribution >= 4 is 23.5 Å². The monoisotopic (exact) mass is 446 g/mol. The van der Waals surface area contributed by atoms with Gasteiger partial charge >= 0.3 is 0 Å². The molecule has 0 spiro atoms. The van der Waals surface area contributed by atoms with Gasteiger partial charge in [0.05, 0.1) is 13.5 Å². The summed E-state index contributed by atoms with van der Waals surface area (Å²) in [5.74, 6) is 6.31. The molecule has 168 valence electrons. The molecule has 9 nitrogen and oxygen atoms in total. The van der Waals surface area contributed by atoms with Crippen LogP contribution in [0.1, 0.15) is 35.0 Å². The van der Waals surface area contributed by atoms with Gasteiger partial charge in [-0.1, -0.05) is 17.9 Å². The summed E-state index contributed by atoms with van der Waals surface area (Å²) in [6.45, 7) is 1.61. The molecule has 3 rings (SSSR count). The summed E-state index contributed by atoms with van der Waals surface area (Å²) >= 11 is 0. The molecular weight excluding hydrogens is 424 g/mol. The molecule has 1 atom stereocenters. The van der Waals surface area contributed by atoms with Gasteiger partial charge in [-0.15, -0.1) is 6.42 Å². The number of fused-ring (bicyclic) bond motifs is 1. The quantitative estimate of drug-likeness (QED) is 0.585. The minimum atomic E-state index is -1.54. The van der Waals surface area contributed by atoms with Gasteiger partial charge < -0.3 is 20.5 Å². The maximum absolute atomic E-state index is 13.0. The number of nitrogens with zero attached hydrogens (tertiary/aromatic N) is 2. The summed E-state index contributed by atoms with van der Waals surface area (Å²) in [4.78, 5) is 43.4. The average molecular weight is 446 g/mol. The number of methoxy groups -OCH3 is 1. The molecule has 2 heterocycles. The first-order chi connectivity index (χ1) is 15.7. The number of carbonyl (C=O) groups excluding carboxylic acids is 3. The summed E-state index contributed by atoms with van der Waals surface area (Å²) in [5.41, 5.74) is 5.31. The van der Waals surface area contributed by atoms with Crippen LogP contribution in [0.3, 0.4) is 0 Å². The first kappa shape index (κ1) is 23.2. The van der Waals surface area contributed by atoms with E-state index >= 15 is 0 Å². The SMILES string of the molecule is C#CCC(=O)NC(=O)C(C)(C#Cc1nc(N)ccc1O)CN1Cc2ccc(OC)cc2C1=O. The highest BCUT2D eigenvalue weighted by molar-refractivity contribution is 6.02. The van der Waals surface area contributed by atoms with E-state index in [4.69, 9.17) is 16.9 Å². The number of benzene rings is 1. The summed E-state index contributed by atoms with van der Waals surface area (Å²) in [6.07, 6.45) is 4.85. The van der Waals surface area contributed by atoms with E-state index in [1.54, 1.807) is 18.2 Å². The number of aromatic nitrogens is 1. The third-order valence-electron chi connectivity index (χ3n) is 5.07. The summed E-state index contributed by atoms with van der Waals surface area (Å²) in [5, 5.41) is 12.2. The van der Waals surface area contributed by atoms with E-state index in [0.29, 0.717) is 11.3 Å². The molecule has 3 amide bonds. The molecule has 1 aromatic carbocycles. The lowest BCUT2D eigenvalue weighted by molar-refractivity contribution is -0.134. The highest BCUT2D eigenvalue weighted by atomic mass is 16.5. The zero-order valence-corrected chi connectivity index (χ0v) is 18.1. The number of terminal acetylenes is 1. The molecule has 0 fully saturated rings. The molecule has 1 aromatic heterocycles. The van der Waals surface area contributed by atoms with Crippen molar-refractivity contribution in [3.63, 3.8) is 0 Å². The maximum atomic E-state index is 13.0. The van der Waals surface area contributed by atoms with Crippen LogP contribution in [0.2, 0.25) is 0 Å². The van der Waals surface area contributed by atoms with Crippen LogP contribution in [0.25, 0.3) is 0 Å². The van der Waals surface area contributed by atoms with Crippen LogP contribution in [0, 0.1) is 29.6 Å². The van der Waals surface area contributed by atoms with Gasteiger partial charge in [-0.25, -0.2) is 4.98 Å². The molecular formula is C24H22N4O5. The Hall–Kier alpha value is -4.50. The Morgan fingerprint density at radius 3 is 2.82 bits per heavy atom. The minimum Gasteiger partial charge on any atom is -0.505 e. The van der Waals surface area contributed by atoms with Crippen LogP contribution in [0.4, 0.5) is 5.82 Å². The average Bonchev–Trinajstić information content (AvgIpc) is 3.08. The van der Waals surface area contributed by atoms with Crippen molar-refractivity contribution in [2.75, 3.05) is 19.4 Å². The van der Waals surface area contributed by atoms with E-state index in [0.717, 1.165) is 5.56 Å². The van der Waals surface area contributed by atoms with Crippen molar-refractivity contribution in [3.05, 3.63) is 47.2 Å². The number of hydrogen-bond acceptors (Lipinski definition) is 7. The standard InChI is InChI=1S/C24H22N4O5/c1-4-5-21(30)27-23(32)24(2,11-10-18-19(29)8-9-20(25)26-18)14-28-13-15-6-7-16(33-3)12-17(15)22(28)31/h1,6-9,12,29H,5,13-14H2,2-3H3,(H2,25,26)(H,27,30,32). The van der Waals surface area contributed by atoms with E-state index in [9.17, 15) is 19.5 Å². The Balaban J connectivity index is 1.94. The first-order valence-corrected chi connectivity index (χ1v) is 9.89. The molecule has 9 heteroatoms. The largest absolute Gasteiger partial charge is 0.505 e. The lowest BCUT2D eigenvalue weighted by Gasteiger charge is -2.28. The summed E-state index contributed by atoms with van der Waals surface area (Å²) in [6, 6.07) is 7.88. The minimum absolute atomic E-state index is 0.0373. The van der Waals surface area contributed by atoms with Crippen molar-refractivity contribution in [3.8, 4) is 35.7 Å². The third kappa shape index (κ3) is 5.05. The van der Waals surface area contributed by atoms with Gasteiger partial charge in [-0.05, 0) is 42.7 Å². The second kappa shape index (κ2) is 9.33. The zero-order chi connectivity index (χ0) is 24.2. The molecule has 0 saturated heterocycles. The van der Waals surface area contributed by atoms with Crippen LogP contribution < -0.4 is 15.8 Å². The van der Waals surface area contributed by atoms with E-state index in [-0.39, 0.29) is 42.7 Å². The highest BCUT2D eigenvalue weighted by Crippen LogP contribution is 2.30. The lowest BCUT2D eigenvalue weighted by Crippen LogP contribution is -2.48. The van der Waals surface area contributed by atoms with Crippen molar-refractivity contribution in [1.82, 2.24) is 15.2 Å². The molecule has 0 aliphatic carbocycles. The predicted octanol–water partition coefficient (Wildman–Crippen LogP) is 1.06. The fraction of sp³-hybridized carbons (Fsp3) is 0.250. The van der Waals surface area contributed by atoms with Crippen molar-refractivity contribution < 1.29 is 24.2 Å². The van der Waals surface area contributed by atoms with Gasteiger partial charge in [0.15, 0.2) is 5.69 Å². The fourth-order valence-electron chi connectivity index (χ4n) is 3.30. The number of ether oxygens (including phenoxy) is 1. The summed E-state index contributed by atoms with van der Waals surface area (Å²) in [7, 11) is 1.50. The predicted molar refractivity (Wildman–Crippen MR) is 120 cm³/mol. The topological polar surface area (TPSA) is 135 Å². The Labute approximate surface area is 190 Å². The molecule has 33 heavy (non-hydrogen) atoms. The number of carbonyl (C=O) groups is 3. The molecule has 0 radical (unpaired) electrons. The van der Waals surface area contributed by atoms with Crippen molar-refractivity contribution in [1.29, 1.82) is 0 Å². The Morgan fingerprint density at radius 2 is 2.12 bits per heavy atom. The molecule has 2 aromatic rings. The number of amides is 3. The van der Waals surface area contributed by atoms with Gasteiger partial charge in [0.2, 0.25) is 11.8 Å². The number of pyridine rings is 1. The Kier molecular flexibility index (Phi) is 6.55. The van der Waals surface area contributed by atoms with Gasteiger partial charge in [0.1, 0.15) is 22.7 Å². The maximum Gasteiger partial charge on any atom is 0.254 e. The van der Waals surface area contributed by atoms with Crippen molar-refractivity contribution in [2.45, 2.75) is 19.9 Å². The van der Waals surface area contributed by atoms with Crippen LogP contribution in [-0.2, 0) is 16.1 Å². The molecule has 0 saturated carbocycles. The Morgan fingerprint density at radius 1 is 1.36 bits per heavy atom. The van der Waals surface area contributed by atoms with Gasteiger partial charge in [0.25, 0.3) is 5.91 Å². The number of nitrogen functional groups attached to an aromatic ring is 1. The van der Waals surface area contributed by atoms with E-state index in [1.807, 2.05) is 0 Å². The van der Waals surface area contributed by atoms with E-state index in [2.05, 4.69) is 28.1 Å². The summed E-state index contributed by atoms with van der Waals surface area (Å²) < 4.78 is 5.19. The third-order valence-corrected chi connectivity index (χ3v) is 5.07. The number of rotatable bonds is 5. The van der Waals surface area contributed by atoms with Gasteiger partial charge in [-0.3, -0.25) is 19.7 Å². The van der Waals surface area contributed by atoms with E-state index < -0.39 is 17.2 Å². The molecule has 1 unspecified atom stereocenters. The molecule has 4 N–H and O–H groups in total. The normalized spacial score (nSPS) is 13.7. The number of hydrogen-bond donors (Lipinski definition) is 3. The van der Waals surface area contributed by atoms with Crippen LogP contribution in [0.15, 0.2) is 30.3 Å².